The van der Waals surface area contributed by atoms with Crippen LogP contribution >= 0.6 is 11.6 Å². The maximum atomic E-state index is 10.7. The van der Waals surface area contributed by atoms with Crippen molar-refractivity contribution >= 4 is 17.6 Å². The van der Waals surface area contributed by atoms with Crippen molar-refractivity contribution in [1.29, 1.82) is 0 Å². The zero-order chi connectivity index (χ0) is 12.5. The van der Waals surface area contributed by atoms with Crippen LogP contribution in [0, 0.1) is 6.92 Å². The van der Waals surface area contributed by atoms with E-state index in [0.29, 0.717) is 5.56 Å². The number of carbonyl (C=O) groups is 1. The third-order valence-electron chi connectivity index (χ3n) is 2.24. The zero-order valence-corrected chi connectivity index (χ0v) is 9.45. The normalized spacial score (nSPS) is 12.2. The van der Waals surface area contributed by atoms with Crippen LogP contribution in [0.25, 0.3) is 0 Å². The summed E-state index contributed by atoms with van der Waals surface area (Å²) in [6.45, 7) is 1.50. The van der Waals surface area contributed by atoms with Crippen molar-refractivity contribution in [2.24, 2.45) is 0 Å². The maximum absolute atomic E-state index is 10.7. The summed E-state index contributed by atoms with van der Waals surface area (Å²) in [5.74, 6) is -1.87. The van der Waals surface area contributed by atoms with Gasteiger partial charge in [0, 0.05) is 16.7 Å². The van der Waals surface area contributed by atoms with Gasteiger partial charge in [-0.15, -0.1) is 0 Å². The summed E-state index contributed by atoms with van der Waals surface area (Å²) < 4.78 is 4.81. The lowest BCUT2D eigenvalue weighted by Gasteiger charge is -2.15. The summed E-state index contributed by atoms with van der Waals surface area (Å²) in [5.41, 5.74) is 0.145. The molecule has 0 aliphatic rings. The lowest BCUT2D eigenvalue weighted by molar-refractivity contribution is -0.147. The summed E-state index contributed by atoms with van der Waals surface area (Å²) in [7, 11) is 1.30. The van der Waals surface area contributed by atoms with E-state index in [-0.39, 0.29) is 16.3 Å². The molecule has 0 heterocycles. The third-order valence-corrected chi connectivity index (χ3v) is 2.63. The van der Waals surface area contributed by atoms with Crippen molar-refractivity contribution in [2.75, 3.05) is 7.11 Å². The maximum Gasteiger partial charge on any atom is 0.337 e. The Kier molecular flexibility index (Phi) is 3.62. The van der Waals surface area contributed by atoms with Gasteiger partial charge in [0.1, 0.15) is 0 Å². The fourth-order valence-corrected chi connectivity index (χ4v) is 1.55. The number of aliphatic hydroxyl groups is 1. The minimum atomic E-state index is -1.84. The highest BCUT2D eigenvalue weighted by atomic mass is 35.5. The van der Waals surface area contributed by atoms with E-state index in [9.17, 15) is 15.0 Å². The van der Waals surface area contributed by atoms with Crippen molar-refractivity contribution in [3.8, 4) is 11.5 Å². The first-order valence-corrected chi connectivity index (χ1v) is 4.74. The molecule has 1 aromatic rings. The molecule has 0 aliphatic carbocycles. The Hall–Kier alpha value is -1.46. The first-order chi connectivity index (χ1) is 7.40. The van der Waals surface area contributed by atoms with Crippen molar-refractivity contribution in [1.82, 2.24) is 0 Å². The van der Waals surface area contributed by atoms with Gasteiger partial charge in [-0.1, -0.05) is 11.6 Å². The lowest BCUT2D eigenvalue weighted by Crippen LogP contribution is -2.12. The molecule has 0 bridgehead atoms. The zero-order valence-electron chi connectivity index (χ0n) is 8.69. The van der Waals surface area contributed by atoms with E-state index < -0.39 is 17.8 Å². The third kappa shape index (κ3) is 2.05. The first kappa shape index (κ1) is 12.6. The van der Waals surface area contributed by atoms with Crippen LogP contribution in [0.2, 0.25) is 5.02 Å². The number of aliphatic carboxylic acids is 1. The van der Waals surface area contributed by atoms with Crippen LogP contribution in [-0.2, 0) is 4.79 Å². The van der Waals surface area contributed by atoms with Crippen molar-refractivity contribution in [3.05, 3.63) is 22.2 Å². The van der Waals surface area contributed by atoms with Gasteiger partial charge in [-0.3, -0.25) is 0 Å². The minimum Gasteiger partial charge on any atom is -0.504 e. The van der Waals surface area contributed by atoms with Gasteiger partial charge < -0.3 is 20.1 Å². The summed E-state index contributed by atoms with van der Waals surface area (Å²) in [4.78, 5) is 10.7. The van der Waals surface area contributed by atoms with Gasteiger partial charge in [-0.25, -0.2) is 4.79 Å². The molecule has 0 saturated carbocycles. The molecule has 0 amide bonds. The molecule has 6 heteroatoms. The molecule has 0 aromatic heterocycles. The Bertz CT molecular complexity index is 430. The highest BCUT2D eigenvalue weighted by molar-refractivity contribution is 6.31. The Labute approximate surface area is 96.9 Å². The number of carboxylic acid groups (broad SMARTS) is 1. The molecule has 3 N–H and O–H groups in total. The number of halogens is 1. The average molecular weight is 247 g/mol. The van der Waals surface area contributed by atoms with Crippen LogP contribution in [0.5, 0.6) is 11.5 Å². The first-order valence-electron chi connectivity index (χ1n) is 4.37. The number of phenolic OH excluding ortho intramolecular Hbond substituents is 1. The topological polar surface area (TPSA) is 87.0 Å². The minimum absolute atomic E-state index is 0.0194. The van der Waals surface area contributed by atoms with E-state index in [1.165, 1.54) is 20.1 Å². The molecule has 0 aliphatic heterocycles. The molecule has 1 aromatic carbocycles. The Morgan fingerprint density at radius 1 is 1.56 bits per heavy atom. The van der Waals surface area contributed by atoms with E-state index >= 15 is 0 Å². The average Bonchev–Trinajstić information content (AvgIpc) is 2.23. The van der Waals surface area contributed by atoms with Crippen molar-refractivity contribution < 1.29 is 24.9 Å². The van der Waals surface area contributed by atoms with Crippen LogP contribution in [0.15, 0.2) is 6.07 Å². The van der Waals surface area contributed by atoms with Gasteiger partial charge in [0.25, 0.3) is 0 Å². The lowest BCUT2D eigenvalue weighted by atomic mass is 10.0. The molecule has 5 nitrogen and oxygen atoms in total. The van der Waals surface area contributed by atoms with Crippen molar-refractivity contribution in [3.63, 3.8) is 0 Å². The summed E-state index contributed by atoms with van der Waals surface area (Å²) >= 11 is 5.82. The van der Waals surface area contributed by atoms with E-state index in [4.69, 9.17) is 21.4 Å². The van der Waals surface area contributed by atoms with Crippen LogP contribution in [-0.4, -0.2) is 28.4 Å². The van der Waals surface area contributed by atoms with Crippen LogP contribution in [0.3, 0.4) is 0 Å². The van der Waals surface area contributed by atoms with Crippen LogP contribution < -0.4 is 4.74 Å². The largest absolute Gasteiger partial charge is 0.504 e. The van der Waals surface area contributed by atoms with Gasteiger partial charge in [-0.05, 0) is 12.5 Å². The second-order valence-electron chi connectivity index (χ2n) is 3.19. The number of benzene rings is 1. The van der Waals surface area contributed by atoms with E-state index in [0.717, 1.165) is 0 Å². The number of rotatable bonds is 3. The number of hydrogen-bond acceptors (Lipinski definition) is 4. The SMILES string of the molecule is COc1cc(Cl)c(C)c(C(O)C(=O)O)c1O. The molecular formula is C10H11ClO5. The molecule has 1 unspecified atom stereocenters. The smallest absolute Gasteiger partial charge is 0.337 e. The number of methoxy groups -OCH3 is 1. The van der Waals surface area contributed by atoms with Gasteiger partial charge in [0.05, 0.1) is 7.11 Å². The number of aromatic hydroxyl groups is 1. The molecular weight excluding hydrogens is 236 g/mol. The number of hydrogen-bond donors (Lipinski definition) is 3. The number of carboxylic acids is 1. The fraction of sp³-hybridized carbons (Fsp3) is 0.300. The molecule has 1 atom stereocenters. The highest BCUT2D eigenvalue weighted by Crippen LogP contribution is 2.40. The monoisotopic (exact) mass is 246 g/mol. The molecule has 0 saturated heterocycles. The number of phenols is 1. The Morgan fingerprint density at radius 2 is 2.12 bits per heavy atom. The summed E-state index contributed by atoms with van der Waals surface area (Å²) in [6, 6.07) is 1.35. The molecule has 0 fully saturated rings. The van der Waals surface area contributed by atoms with Gasteiger partial charge >= 0.3 is 5.97 Å². The van der Waals surface area contributed by atoms with Gasteiger partial charge in [0.15, 0.2) is 17.6 Å². The quantitative estimate of drug-likeness (QED) is 0.752. The van der Waals surface area contributed by atoms with E-state index in [2.05, 4.69) is 0 Å². The van der Waals surface area contributed by atoms with Crippen LogP contribution in [0.4, 0.5) is 0 Å². The van der Waals surface area contributed by atoms with Crippen LogP contribution in [0.1, 0.15) is 17.2 Å². The molecule has 16 heavy (non-hydrogen) atoms. The molecule has 0 spiro atoms. The van der Waals surface area contributed by atoms with Crippen molar-refractivity contribution in [2.45, 2.75) is 13.0 Å². The Morgan fingerprint density at radius 3 is 2.56 bits per heavy atom. The fourth-order valence-electron chi connectivity index (χ4n) is 1.34. The summed E-state index contributed by atoms with van der Waals surface area (Å²) in [6.07, 6.45) is -1.84. The van der Waals surface area contributed by atoms with E-state index in [1.807, 2.05) is 0 Å². The van der Waals surface area contributed by atoms with Gasteiger partial charge in [0.2, 0.25) is 0 Å². The summed E-state index contributed by atoms with van der Waals surface area (Å²) in [5, 5.41) is 28.0. The molecule has 88 valence electrons. The van der Waals surface area contributed by atoms with Gasteiger partial charge in [-0.2, -0.15) is 0 Å². The number of ether oxygens (including phenoxy) is 1. The number of aliphatic hydroxyl groups excluding tert-OH is 1. The predicted molar refractivity (Wildman–Crippen MR) is 57.0 cm³/mol. The predicted octanol–water partition coefficient (Wildman–Crippen LogP) is 1.48. The molecule has 0 radical (unpaired) electrons. The van der Waals surface area contributed by atoms with E-state index in [1.54, 1.807) is 0 Å². The standard InChI is InChI=1S/C10H11ClO5/c1-4-5(11)3-6(16-2)8(12)7(4)9(13)10(14)15/h3,9,12-13H,1-2H3,(H,14,15). The second kappa shape index (κ2) is 4.59. The Balaban J connectivity index is 3.47. The molecule has 1 rings (SSSR count). The second-order valence-corrected chi connectivity index (χ2v) is 3.60. The highest BCUT2D eigenvalue weighted by Gasteiger charge is 2.25.